The molecule has 0 aromatic heterocycles. The number of carbonyl (C=O) groups is 1. The lowest BCUT2D eigenvalue weighted by Gasteiger charge is -2.06. The number of para-hydroxylation sites is 1. The summed E-state index contributed by atoms with van der Waals surface area (Å²) in [5.41, 5.74) is 3.85. The quantitative estimate of drug-likeness (QED) is 0.317. The molecule has 6 heteroatoms. The molecule has 3 aromatic carbocycles. The second-order valence-corrected chi connectivity index (χ2v) is 6.70. The van der Waals surface area contributed by atoms with Gasteiger partial charge in [0.1, 0.15) is 17.2 Å². The van der Waals surface area contributed by atoms with Crippen LogP contribution in [0, 0.1) is 3.57 Å². The molecule has 0 heterocycles. The first-order chi connectivity index (χ1) is 13.2. The third kappa shape index (κ3) is 5.30. The molecule has 0 atom stereocenters. The molecule has 0 aliphatic heterocycles. The lowest BCUT2D eigenvalue weighted by Crippen LogP contribution is -2.17. The summed E-state index contributed by atoms with van der Waals surface area (Å²) in [4.78, 5) is 12.2. The smallest absolute Gasteiger partial charge is 0.271 e. The van der Waals surface area contributed by atoms with Crippen LogP contribution < -0.4 is 14.9 Å². The Hall–Kier alpha value is -2.87. The fourth-order valence-corrected chi connectivity index (χ4v) is 3.06. The first-order valence-corrected chi connectivity index (χ1v) is 9.23. The van der Waals surface area contributed by atoms with Crippen LogP contribution >= 0.6 is 22.6 Å². The lowest BCUT2D eigenvalue weighted by atomic mass is 10.2. The van der Waals surface area contributed by atoms with E-state index in [0.29, 0.717) is 11.3 Å². The molecule has 0 saturated heterocycles. The van der Waals surface area contributed by atoms with Crippen LogP contribution in [0.1, 0.15) is 15.9 Å². The average Bonchev–Trinajstić information content (AvgIpc) is 2.69. The van der Waals surface area contributed by atoms with E-state index in [-0.39, 0.29) is 5.91 Å². The van der Waals surface area contributed by atoms with E-state index in [0.717, 1.165) is 20.6 Å². The van der Waals surface area contributed by atoms with Crippen molar-refractivity contribution in [1.29, 1.82) is 0 Å². The highest BCUT2D eigenvalue weighted by molar-refractivity contribution is 14.1. The molecular weight excluding hydrogens is 455 g/mol. The Bertz CT molecular complexity index is 959. The maximum atomic E-state index is 12.2. The molecule has 1 amide bonds. The zero-order valence-electron chi connectivity index (χ0n) is 14.6. The largest absolute Gasteiger partial charge is 0.496 e. The maximum Gasteiger partial charge on any atom is 0.271 e. The summed E-state index contributed by atoms with van der Waals surface area (Å²) in [5.74, 6) is 1.89. The van der Waals surface area contributed by atoms with E-state index in [9.17, 15) is 4.79 Å². The Balaban J connectivity index is 1.63. The lowest BCUT2D eigenvalue weighted by molar-refractivity contribution is 0.0955. The molecule has 3 rings (SSSR count). The SMILES string of the molecule is COc1ccc(C(=O)N/N=C/c2cccc(Oc3ccccc3)c2)cc1I. The number of ether oxygens (including phenoxy) is 2. The summed E-state index contributed by atoms with van der Waals surface area (Å²) in [5, 5.41) is 4.02. The van der Waals surface area contributed by atoms with Crippen LogP contribution in [-0.2, 0) is 0 Å². The molecule has 136 valence electrons. The van der Waals surface area contributed by atoms with Crippen molar-refractivity contribution in [3.63, 3.8) is 0 Å². The number of nitrogens with zero attached hydrogens (tertiary/aromatic N) is 1. The summed E-state index contributed by atoms with van der Waals surface area (Å²) in [6, 6.07) is 22.2. The van der Waals surface area contributed by atoms with Crippen molar-refractivity contribution in [3.05, 3.63) is 87.5 Å². The molecular formula is C21H17IN2O3. The zero-order valence-corrected chi connectivity index (χ0v) is 16.7. The van der Waals surface area contributed by atoms with Gasteiger partial charge in [-0.05, 0) is 70.6 Å². The van der Waals surface area contributed by atoms with Crippen LogP contribution in [0.15, 0.2) is 77.9 Å². The average molecular weight is 472 g/mol. The van der Waals surface area contributed by atoms with Gasteiger partial charge in [-0.25, -0.2) is 5.43 Å². The van der Waals surface area contributed by atoms with Gasteiger partial charge in [0.05, 0.1) is 16.9 Å². The highest BCUT2D eigenvalue weighted by atomic mass is 127. The number of carbonyl (C=O) groups excluding carboxylic acids is 1. The van der Waals surface area contributed by atoms with Crippen molar-refractivity contribution in [3.8, 4) is 17.2 Å². The van der Waals surface area contributed by atoms with E-state index < -0.39 is 0 Å². The van der Waals surface area contributed by atoms with E-state index in [1.807, 2.05) is 54.6 Å². The molecule has 27 heavy (non-hydrogen) atoms. The van der Waals surface area contributed by atoms with Crippen LogP contribution in [0.4, 0.5) is 0 Å². The van der Waals surface area contributed by atoms with Gasteiger partial charge in [0.25, 0.3) is 5.91 Å². The van der Waals surface area contributed by atoms with E-state index >= 15 is 0 Å². The Kier molecular flexibility index (Phi) is 6.43. The number of nitrogens with one attached hydrogen (secondary N) is 1. The van der Waals surface area contributed by atoms with Gasteiger partial charge < -0.3 is 9.47 Å². The van der Waals surface area contributed by atoms with Gasteiger partial charge in [0, 0.05) is 5.56 Å². The molecule has 5 nitrogen and oxygen atoms in total. The third-order valence-corrected chi connectivity index (χ3v) is 4.47. The molecule has 0 saturated carbocycles. The molecule has 0 fully saturated rings. The van der Waals surface area contributed by atoms with E-state index in [4.69, 9.17) is 9.47 Å². The van der Waals surface area contributed by atoms with E-state index in [1.54, 1.807) is 31.5 Å². The second kappa shape index (κ2) is 9.18. The summed E-state index contributed by atoms with van der Waals surface area (Å²) >= 11 is 2.12. The summed E-state index contributed by atoms with van der Waals surface area (Å²) in [6.07, 6.45) is 1.57. The predicted molar refractivity (Wildman–Crippen MR) is 114 cm³/mol. The van der Waals surface area contributed by atoms with Crippen LogP contribution in [0.25, 0.3) is 0 Å². The number of halogens is 1. The number of methoxy groups -OCH3 is 1. The minimum atomic E-state index is -0.288. The number of rotatable bonds is 6. The molecule has 3 aromatic rings. The van der Waals surface area contributed by atoms with Crippen LogP contribution in [0.2, 0.25) is 0 Å². The van der Waals surface area contributed by atoms with Crippen molar-refractivity contribution in [2.45, 2.75) is 0 Å². The summed E-state index contributed by atoms with van der Waals surface area (Å²) < 4.78 is 11.8. The Labute approximate surface area is 171 Å². The summed E-state index contributed by atoms with van der Waals surface area (Å²) in [6.45, 7) is 0. The van der Waals surface area contributed by atoms with Crippen molar-refractivity contribution < 1.29 is 14.3 Å². The van der Waals surface area contributed by atoms with Gasteiger partial charge in [-0.15, -0.1) is 0 Å². The first-order valence-electron chi connectivity index (χ1n) is 8.15. The molecule has 0 aliphatic rings. The number of benzene rings is 3. The van der Waals surface area contributed by atoms with Crippen LogP contribution in [0.3, 0.4) is 0 Å². The topological polar surface area (TPSA) is 59.9 Å². The van der Waals surface area contributed by atoms with Crippen LogP contribution in [0.5, 0.6) is 17.2 Å². The van der Waals surface area contributed by atoms with Gasteiger partial charge >= 0.3 is 0 Å². The van der Waals surface area contributed by atoms with Gasteiger partial charge in [0.2, 0.25) is 0 Å². The normalized spacial score (nSPS) is 10.6. The monoisotopic (exact) mass is 472 g/mol. The van der Waals surface area contributed by atoms with Gasteiger partial charge in [-0.2, -0.15) is 5.10 Å². The van der Waals surface area contributed by atoms with Crippen molar-refractivity contribution in [2.75, 3.05) is 7.11 Å². The van der Waals surface area contributed by atoms with Crippen molar-refractivity contribution in [1.82, 2.24) is 5.43 Å². The third-order valence-electron chi connectivity index (χ3n) is 3.63. The highest BCUT2D eigenvalue weighted by Crippen LogP contribution is 2.22. The first kappa shape index (κ1) is 18.9. The van der Waals surface area contributed by atoms with Gasteiger partial charge in [0.15, 0.2) is 0 Å². The molecule has 0 bridgehead atoms. The summed E-state index contributed by atoms with van der Waals surface area (Å²) in [7, 11) is 1.59. The molecule has 1 N–H and O–H groups in total. The second-order valence-electron chi connectivity index (χ2n) is 5.54. The highest BCUT2D eigenvalue weighted by Gasteiger charge is 2.07. The maximum absolute atomic E-state index is 12.2. The fraction of sp³-hybridized carbons (Fsp3) is 0.0476. The van der Waals surface area contributed by atoms with E-state index in [2.05, 4.69) is 33.1 Å². The molecule has 0 radical (unpaired) electrons. The Morgan fingerprint density at radius 1 is 1.00 bits per heavy atom. The van der Waals surface area contributed by atoms with Crippen molar-refractivity contribution in [2.24, 2.45) is 5.10 Å². The number of amides is 1. The molecule has 0 unspecified atom stereocenters. The zero-order chi connectivity index (χ0) is 19.1. The minimum absolute atomic E-state index is 0.288. The molecule has 0 spiro atoms. The van der Waals surface area contributed by atoms with Crippen LogP contribution in [-0.4, -0.2) is 19.2 Å². The fourth-order valence-electron chi connectivity index (χ4n) is 2.32. The van der Waals surface area contributed by atoms with Gasteiger partial charge in [-0.3, -0.25) is 4.79 Å². The predicted octanol–water partition coefficient (Wildman–Crippen LogP) is 4.86. The number of hydrazone groups is 1. The van der Waals surface area contributed by atoms with E-state index in [1.165, 1.54) is 0 Å². The van der Waals surface area contributed by atoms with Crippen molar-refractivity contribution >= 4 is 34.7 Å². The number of hydrogen-bond donors (Lipinski definition) is 1. The molecule has 0 aliphatic carbocycles. The number of hydrogen-bond acceptors (Lipinski definition) is 4. The van der Waals surface area contributed by atoms with Gasteiger partial charge in [-0.1, -0.05) is 30.3 Å². The minimum Gasteiger partial charge on any atom is -0.496 e. The Morgan fingerprint density at radius 2 is 1.78 bits per heavy atom. The Morgan fingerprint density at radius 3 is 2.52 bits per heavy atom. The standard InChI is InChI=1S/C21H17IN2O3/c1-26-20-11-10-16(13-19(20)22)21(25)24-23-14-15-6-5-9-18(12-15)27-17-7-3-2-4-8-17/h2-14H,1H3,(H,24,25)/b23-14+.